The molecular weight excluding hydrogens is 296 g/mol. The summed E-state index contributed by atoms with van der Waals surface area (Å²) in [6, 6.07) is 18.1. The summed E-state index contributed by atoms with van der Waals surface area (Å²) >= 11 is 0. The minimum atomic E-state index is -0.0727. The van der Waals surface area contributed by atoms with Gasteiger partial charge in [0.05, 0.1) is 0 Å². The predicted molar refractivity (Wildman–Crippen MR) is 100 cm³/mol. The summed E-state index contributed by atoms with van der Waals surface area (Å²) in [6.45, 7) is 7.85. The van der Waals surface area contributed by atoms with E-state index in [9.17, 15) is 4.79 Å². The topological polar surface area (TPSA) is 32.3 Å². The smallest absolute Gasteiger partial charge is 0.244 e. The van der Waals surface area contributed by atoms with Crippen LogP contribution in [-0.2, 0) is 17.9 Å². The molecule has 3 heteroatoms. The van der Waals surface area contributed by atoms with Gasteiger partial charge in [-0.1, -0.05) is 68.4 Å². The van der Waals surface area contributed by atoms with Crippen LogP contribution in [0.5, 0.6) is 0 Å². The maximum atomic E-state index is 12.0. The fraction of sp³-hybridized carbons (Fsp3) is 0.286. The largest absolute Gasteiger partial charge is 0.348 e. The summed E-state index contributed by atoms with van der Waals surface area (Å²) in [4.78, 5) is 14.4. The van der Waals surface area contributed by atoms with Crippen LogP contribution in [0.25, 0.3) is 6.08 Å². The monoisotopic (exact) mass is 322 g/mol. The van der Waals surface area contributed by atoms with Crippen molar-refractivity contribution in [3.05, 3.63) is 77.4 Å². The van der Waals surface area contributed by atoms with Crippen molar-refractivity contribution in [2.75, 3.05) is 13.1 Å². The SMILES string of the molecule is CCN(CC)Cc1ccccc1CNC(=O)/C=C/c1ccccc1. The average molecular weight is 322 g/mol. The summed E-state index contributed by atoms with van der Waals surface area (Å²) in [5.74, 6) is -0.0727. The Morgan fingerprint density at radius 2 is 1.58 bits per heavy atom. The first-order valence-corrected chi connectivity index (χ1v) is 8.53. The lowest BCUT2D eigenvalue weighted by Gasteiger charge is -2.20. The molecular formula is C21H26N2O. The molecule has 2 rings (SSSR count). The molecule has 3 nitrogen and oxygen atoms in total. The second kappa shape index (κ2) is 9.68. The number of hydrogen-bond acceptors (Lipinski definition) is 2. The highest BCUT2D eigenvalue weighted by Gasteiger charge is 2.06. The molecule has 0 saturated heterocycles. The van der Waals surface area contributed by atoms with E-state index in [0.717, 1.165) is 25.2 Å². The van der Waals surface area contributed by atoms with Crippen molar-refractivity contribution in [3.8, 4) is 0 Å². The van der Waals surface area contributed by atoms with Crippen molar-refractivity contribution in [2.45, 2.75) is 26.9 Å². The van der Waals surface area contributed by atoms with Gasteiger partial charge in [0.2, 0.25) is 5.91 Å². The second-order valence-corrected chi connectivity index (χ2v) is 5.69. The lowest BCUT2D eigenvalue weighted by atomic mass is 10.1. The van der Waals surface area contributed by atoms with Crippen molar-refractivity contribution in [1.82, 2.24) is 10.2 Å². The number of benzene rings is 2. The molecule has 0 spiro atoms. The van der Waals surface area contributed by atoms with E-state index >= 15 is 0 Å². The molecule has 2 aromatic rings. The van der Waals surface area contributed by atoms with Crippen molar-refractivity contribution >= 4 is 12.0 Å². The molecule has 1 amide bonds. The molecule has 0 aromatic heterocycles. The van der Waals surface area contributed by atoms with Gasteiger partial charge in [-0.3, -0.25) is 9.69 Å². The molecule has 1 N–H and O–H groups in total. The van der Waals surface area contributed by atoms with E-state index in [0.29, 0.717) is 6.54 Å². The van der Waals surface area contributed by atoms with Gasteiger partial charge in [0.1, 0.15) is 0 Å². The maximum absolute atomic E-state index is 12.0. The normalized spacial score (nSPS) is 11.1. The number of carbonyl (C=O) groups excluding carboxylic acids is 1. The van der Waals surface area contributed by atoms with Crippen molar-refractivity contribution in [3.63, 3.8) is 0 Å². The van der Waals surface area contributed by atoms with Crippen LogP contribution >= 0.6 is 0 Å². The van der Waals surface area contributed by atoms with E-state index in [1.165, 1.54) is 11.1 Å². The molecule has 0 fully saturated rings. The maximum Gasteiger partial charge on any atom is 0.244 e. The molecule has 0 atom stereocenters. The summed E-state index contributed by atoms with van der Waals surface area (Å²) in [6.07, 6.45) is 3.42. The molecule has 0 saturated carbocycles. The highest BCUT2D eigenvalue weighted by Crippen LogP contribution is 2.11. The number of nitrogens with zero attached hydrogens (tertiary/aromatic N) is 1. The van der Waals surface area contributed by atoms with Gasteiger partial charge in [0.15, 0.2) is 0 Å². The minimum Gasteiger partial charge on any atom is -0.348 e. The molecule has 0 bridgehead atoms. The van der Waals surface area contributed by atoms with Crippen LogP contribution in [0.3, 0.4) is 0 Å². The molecule has 0 heterocycles. The van der Waals surface area contributed by atoms with Crippen molar-refractivity contribution < 1.29 is 4.79 Å². The number of amides is 1. The fourth-order valence-corrected chi connectivity index (χ4v) is 2.55. The van der Waals surface area contributed by atoms with Gasteiger partial charge in [0, 0.05) is 19.2 Å². The second-order valence-electron chi connectivity index (χ2n) is 5.69. The van der Waals surface area contributed by atoms with E-state index in [2.05, 4.69) is 42.3 Å². The third-order valence-electron chi connectivity index (χ3n) is 4.09. The lowest BCUT2D eigenvalue weighted by molar-refractivity contribution is -0.116. The molecule has 126 valence electrons. The highest BCUT2D eigenvalue weighted by atomic mass is 16.1. The van der Waals surface area contributed by atoms with E-state index in [-0.39, 0.29) is 5.91 Å². The minimum absolute atomic E-state index is 0.0727. The molecule has 24 heavy (non-hydrogen) atoms. The Balaban J connectivity index is 1.94. The summed E-state index contributed by atoms with van der Waals surface area (Å²) < 4.78 is 0. The molecule has 0 radical (unpaired) electrons. The van der Waals surface area contributed by atoms with Gasteiger partial charge in [-0.15, -0.1) is 0 Å². The average Bonchev–Trinajstić information content (AvgIpc) is 2.64. The zero-order valence-corrected chi connectivity index (χ0v) is 14.5. The zero-order valence-electron chi connectivity index (χ0n) is 14.5. The number of carbonyl (C=O) groups is 1. The van der Waals surface area contributed by atoms with Crippen molar-refractivity contribution in [2.24, 2.45) is 0 Å². The Morgan fingerprint density at radius 1 is 0.958 bits per heavy atom. The van der Waals surface area contributed by atoms with Gasteiger partial charge >= 0.3 is 0 Å². The first-order chi connectivity index (χ1) is 11.7. The zero-order chi connectivity index (χ0) is 17.2. The van der Waals surface area contributed by atoms with Crippen LogP contribution in [0.1, 0.15) is 30.5 Å². The van der Waals surface area contributed by atoms with E-state index in [1.54, 1.807) is 6.08 Å². The van der Waals surface area contributed by atoms with E-state index in [1.807, 2.05) is 42.5 Å². The summed E-state index contributed by atoms with van der Waals surface area (Å²) in [5, 5.41) is 2.97. The number of nitrogens with one attached hydrogen (secondary N) is 1. The highest BCUT2D eigenvalue weighted by molar-refractivity contribution is 5.91. The third kappa shape index (κ3) is 5.67. The molecule has 0 aliphatic heterocycles. The third-order valence-corrected chi connectivity index (χ3v) is 4.09. The molecule has 0 aliphatic rings. The Kier molecular flexibility index (Phi) is 7.24. The van der Waals surface area contributed by atoms with Gasteiger partial charge < -0.3 is 5.32 Å². The van der Waals surface area contributed by atoms with E-state index < -0.39 is 0 Å². The Hall–Kier alpha value is -2.39. The van der Waals surface area contributed by atoms with Crippen LogP contribution in [0, 0.1) is 0 Å². The van der Waals surface area contributed by atoms with Crippen molar-refractivity contribution in [1.29, 1.82) is 0 Å². The Morgan fingerprint density at radius 3 is 2.25 bits per heavy atom. The molecule has 2 aromatic carbocycles. The first-order valence-electron chi connectivity index (χ1n) is 8.53. The molecule has 0 unspecified atom stereocenters. The van der Waals surface area contributed by atoms with Crippen LogP contribution in [-0.4, -0.2) is 23.9 Å². The van der Waals surface area contributed by atoms with Gasteiger partial charge in [-0.05, 0) is 35.9 Å². The standard InChI is InChI=1S/C21H26N2O/c1-3-23(4-2)17-20-13-9-8-12-19(20)16-22-21(24)15-14-18-10-6-5-7-11-18/h5-15H,3-4,16-17H2,1-2H3,(H,22,24)/b15-14+. The Labute approximate surface area is 145 Å². The van der Waals surface area contributed by atoms with Crippen LogP contribution < -0.4 is 5.32 Å². The quantitative estimate of drug-likeness (QED) is 0.749. The van der Waals surface area contributed by atoms with E-state index in [4.69, 9.17) is 0 Å². The van der Waals surface area contributed by atoms with Crippen LogP contribution in [0.15, 0.2) is 60.7 Å². The van der Waals surface area contributed by atoms with Gasteiger partial charge in [-0.25, -0.2) is 0 Å². The fourth-order valence-electron chi connectivity index (χ4n) is 2.55. The Bertz CT molecular complexity index is 661. The lowest BCUT2D eigenvalue weighted by Crippen LogP contribution is -2.25. The summed E-state index contributed by atoms with van der Waals surface area (Å²) in [5.41, 5.74) is 3.47. The summed E-state index contributed by atoms with van der Waals surface area (Å²) in [7, 11) is 0. The first kappa shape index (κ1) is 18.0. The predicted octanol–water partition coefficient (Wildman–Crippen LogP) is 3.86. The van der Waals surface area contributed by atoms with Crippen LogP contribution in [0.4, 0.5) is 0 Å². The van der Waals surface area contributed by atoms with Gasteiger partial charge in [0.25, 0.3) is 0 Å². The molecule has 0 aliphatic carbocycles. The number of hydrogen-bond donors (Lipinski definition) is 1. The number of rotatable bonds is 8. The van der Waals surface area contributed by atoms with Crippen LogP contribution in [0.2, 0.25) is 0 Å². The van der Waals surface area contributed by atoms with Gasteiger partial charge in [-0.2, -0.15) is 0 Å².